The Balaban J connectivity index is 2.18. The van der Waals surface area contributed by atoms with Crippen molar-refractivity contribution in [1.82, 2.24) is 9.55 Å². The normalized spacial score (nSPS) is 11.4. The minimum absolute atomic E-state index is 0.237. The van der Waals surface area contributed by atoms with Crippen LogP contribution in [0.2, 0.25) is 0 Å². The van der Waals surface area contributed by atoms with Crippen LogP contribution in [0.3, 0.4) is 0 Å². The van der Waals surface area contributed by atoms with Crippen LogP contribution in [0.15, 0.2) is 41.0 Å². The third-order valence-electron chi connectivity index (χ3n) is 3.44. The Kier molecular flexibility index (Phi) is 3.25. The Morgan fingerprint density at radius 2 is 2.19 bits per heavy atom. The molecule has 2 aromatic heterocycles. The average molecular weight is 284 g/mol. The highest BCUT2D eigenvalue weighted by molar-refractivity contribution is 5.92. The third-order valence-corrected chi connectivity index (χ3v) is 3.44. The highest BCUT2D eigenvalue weighted by Crippen LogP contribution is 2.24. The predicted octanol–water partition coefficient (Wildman–Crippen LogP) is 3.50. The van der Waals surface area contributed by atoms with Crippen molar-refractivity contribution in [3.8, 4) is 0 Å². The molecule has 0 aliphatic carbocycles. The minimum atomic E-state index is -0.936. The average Bonchev–Trinajstić information content (AvgIpc) is 3.06. The first-order valence-corrected chi connectivity index (χ1v) is 6.82. The molecule has 1 aromatic carbocycles. The highest BCUT2D eigenvalue weighted by Gasteiger charge is 2.16. The number of carboxylic acid groups (broad SMARTS) is 1. The van der Waals surface area contributed by atoms with Gasteiger partial charge < -0.3 is 14.1 Å². The van der Waals surface area contributed by atoms with Gasteiger partial charge in [0.05, 0.1) is 29.4 Å². The number of hydrogen-bond donors (Lipinski definition) is 1. The molecule has 0 atom stereocenters. The van der Waals surface area contributed by atoms with E-state index in [1.165, 1.54) is 0 Å². The number of imidazole rings is 1. The second-order valence-corrected chi connectivity index (χ2v) is 5.30. The Bertz CT molecular complexity index is 785. The van der Waals surface area contributed by atoms with E-state index in [0.717, 1.165) is 22.6 Å². The summed E-state index contributed by atoms with van der Waals surface area (Å²) >= 11 is 0. The molecule has 108 valence electrons. The molecular formula is C16H16N2O3. The van der Waals surface area contributed by atoms with Crippen LogP contribution < -0.4 is 0 Å². The molecule has 1 N–H and O–H groups in total. The molecule has 3 rings (SSSR count). The number of nitrogens with zero attached hydrogens (tertiary/aromatic N) is 2. The second kappa shape index (κ2) is 5.09. The van der Waals surface area contributed by atoms with Gasteiger partial charge in [-0.3, -0.25) is 0 Å². The summed E-state index contributed by atoms with van der Waals surface area (Å²) < 4.78 is 7.42. The number of aromatic carboxylic acids is 1. The summed E-state index contributed by atoms with van der Waals surface area (Å²) in [5.74, 6) is 1.04. The van der Waals surface area contributed by atoms with Gasteiger partial charge >= 0.3 is 5.97 Å². The van der Waals surface area contributed by atoms with Gasteiger partial charge in [0.2, 0.25) is 0 Å². The zero-order valence-electron chi connectivity index (χ0n) is 11.9. The van der Waals surface area contributed by atoms with Crippen LogP contribution in [-0.2, 0) is 6.54 Å². The first kappa shape index (κ1) is 13.4. The first-order valence-electron chi connectivity index (χ1n) is 6.82. The molecular weight excluding hydrogens is 268 g/mol. The van der Waals surface area contributed by atoms with E-state index in [9.17, 15) is 4.79 Å². The zero-order chi connectivity index (χ0) is 15.0. The number of furan rings is 1. The van der Waals surface area contributed by atoms with Gasteiger partial charge in [0.25, 0.3) is 0 Å². The number of carboxylic acids is 1. The Morgan fingerprint density at radius 1 is 1.38 bits per heavy atom. The summed E-state index contributed by atoms with van der Waals surface area (Å²) in [7, 11) is 0. The predicted molar refractivity (Wildman–Crippen MR) is 78.6 cm³/mol. The van der Waals surface area contributed by atoms with Crippen LogP contribution in [0.25, 0.3) is 11.0 Å². The molecule has 21 heavy (non-hydrogen) atoms. The lowest BCUT2D eigenvalue weighted by Crippen LogP contribution is -2.06. The maximum atomic E-state index is 11.2. The van der Waals surface area contributed by atoms with Gasteiger partial charge in [-0.1, -0.05) is 13.8 Å². The molecule has 0 fully saturated rings. The number of hydrogen-bond acceptors (Lipinski definition) is 3. The van der Waals surface area contributed by atoms with Crippen molar-refractivity contribution in [3.05, 3.63) is 53.7 Å². The fraction of sp³-hybridized carbons (Fsp3) is 0.250. The summed E-state index contributed by atoms with van der Waals surface area (Å²) in [5, 5.41) is 9.16. The van der Waals surface area contributed by atoms with Gasteiger partial charge in [-0.15, -0.1) is 0 Å². The number of aromatic nitrogens is 2. The van der Waals surface area contributed by atoms with Crippen LogP contribution in [0.4, 0.5) is 0 Å². The SMILES string of the molecule is CC(C)c1nc2ccc(C(=O)O)cc2n1Cc1ccco1. The van der Waals surface area contributed by atoms with Crippen LogP contribution in [-0.4, -0.2) is 20.6 Å². The lowest BCUT2D eigenvalue weighted by atomic mass is 10.2. The van der Waals surface area contributed by atoms with E-state index >= 15 is 0 Å². The molecule has 0 aliphatic rings. The third kappa shape index (κ3) is 2.42. The van der Waals surface area contributed by atoms with Crippen molar-refractivity contribution < 1.29 is 14.3 Å². The number of carbonyl (C=O) groups is 1. The van der Waals surface area contributed by atoms with Gasteiger partial charge in [-0.25, -0.2) is 9.78 Å². The van der Waals surface area contributed by atoms with Crippen molar-refractivity contribution in [2.75, 3.05) is 0 Å². The van der Waals surface area contributed by atoms with E-state index < -0.39 is 5.97 Å². The van der Waals surface area contributed by atoms with Crippen molar-refractivity contribution in [3.63, 3.8) is 0 Å². The number of benzene rings is 1. The maximum Gasteiger partial charge on any atom is 0.335 e. The number of rotatable bonds is 4. The zero-order valence-corrected chi connectivity index (χ0v) is 11.9. The summed E-state index contributed by atoms with van der Waals surface area (Å²) in [5.41, 5.74) is 1.88. The van der Waals surface area contributed by atoms with Gasteiger partial charge in [0.15, 0.2) is 0 Å². The van der Waals surface area contributed by atoms with Crippen LogP contribution in [0.1, 0.15) is 41.7 Å². The van der Waals surface area contributed by atoms with E-state index in [0.29, 0.717) is 6.54 Å². The monoisotopic (exact) mass is 284 g/mol. The second-order valence-electron chi connectivity index (χ2n) is 5.30. The van der Waals surface area contributed by atoms with Crippen molar-refractivity contribution >= 4 is 17.0 Å². The molecule has 3 aromatic rings. The highest BCUT2D eigenvalue weighted by atomic mass is 16.4. The van der Waals surface area contributed by atoms with Gasteiger partial charge in [0, 0.05) is 5.92 Å². The standard InChI is InChI=1S/C16H16N2O3/c1-10(2)15-17-13-6-5-11(16(19)20)8-14(13)18(15)9-12-4-3-7-21-12/h3-8,10H,9H2,1-2H3,(H,19,20). The lowest BCUT2D eigenvalue weighted by Gasteiger charge is -2.10. The van der Waals surface area contributed by atoms with Gasteiger partial charge in [-0.05, 0) is 30.3 Å². The molecule has 2 heterocycles. The van der Waals surface area contributed by atoms with E-state index in [4.69, 9.17) is 9.52 Å². The van der Waals surface area contributed by atoms with Crippen LogP contribution >= 0.6 is 0 Å². The summed E-state index contributed by atoms with van der Waals surface area (Å²) in [6.45, 7) is 4.68. The summed E-state index contributed by atoms with van der Waals surface area (Å²) in [6.07, 6.45) is 1.63. The van der Waals surface area contributed by atoms with Crippen LogP contribution in [0.5, 0.6) is 0 Å². The molecule has 5 nitrogen and oxygen atoms in total. The van der Waals surface area contributed by atoms with Crippen molar-refractivity contribution in [2.45, 2.75) is 26.3 Å². The van der Waals surface area contributed by atoms with Gasteiger partial charge in [0.1, 0.15) is 11.6 Å². The van der Waals surface area contributed by atoms with Crippen molar-refractivity contribution in [1.29, 1.82) is 0 Å². The Labute approximate surface area is 121 Å². The van der Waals surface area contributed by atoms with Crippen molar-refractivity contribution in [2.24, 2.45) is 0 Å². The smallest absolute Gasteiger partial charge is 0.335 e. The molecule has 0 spiro atoms. The summed E-state index contributed by atoms with van der Waals surface area (Å²) in [6, 6.07) is 8.74. The maximum absolute atomic E-state index is 11.2. The Morgan fingerprint density at radius 3 is 2.81 bits per heavy atom. The molecule has 0 aliphatic heterocycles. The van der Waals surface area contributed by atoms with Gasteiger partial charge in [-0.2, -0.15) is 0 Å². The number of fused-ring (bicyclic) bond motifs is 1. The van der Waals surface area contributed by atoms with E-state index in [1.807, 2.05) is 16.7 Å². The first-order chi connectivity index (χ1) is 10.1. The summed E-state index contributed by atoms with van der Waals surface area (Å²) in [4.78, 5) is 15.8. The molecule has 0 unspecified atom stereocenters. The van der Waals surface area contributed by atoms with E-state index in [1.54, 1.807) is 24.5 Å². The van der Waals surface area contributed by atoms with E-state index in [-0.39, 0.29) is 11.5 Å². The lowest BCUT2D eigenvalue weighted by molar-refractivity contribution is 0.0697. The fourth-order valence-corrected chi connectivity index (χ4v) is 2.44. The van der Waals surface area contributed by atoms with E-state index in [2.05, 4.69) is 18.8 Å². The molecule has 0 saturated carbocycles. The molecule has 0 bridgehead atoms. The van der Waals surface area contributed by atoms with Crippen LogP contribution in [0, 0.1) is 0 Å². The topological polar surface area (TPSA) is 68.3 Å². The Hall–Kier alpha value is -2.56. The molecule has 0 saturated heterocycles. The fourth-order valence-electron chi connectivity index (χ4n) is 2.44. The largest absolute Gasteiger partial charge is 0.478 e. The minimum Gasteiger partial charge on any atom is -0.478 e. The quantitative estimate of drug-likeness (QED) is 0.796. The molecule has 0 amide bonds. The molecule has 5 heteroatoms. The molecule has 0 radical (unpaired) electrons.